The molecule has 1 N–H and O–H groups in total. The van der Waals surface area contributed by atoms with Crippen molar-refractivity contribution < 1.29 is 4.74 Å². The first-order valence-corrected chi connectivity index (χ1v) is 3.26. The molecule has 0 aliphatic carbocycles. The van der Waals surface area contributed by atoms with Crippen LogP contribution >= 0.6 is 0 Å². The lowest BCUT2D eigenvalue weighted by Gasteiger charge is -2.21. The van der Waals surface area contributed by atoms with E-state index in [-0.39, 0.29) is 0 Å². The Morgan fingerprint density at radius 3 is 3.22 bits per heavy atom. The Kier molecular flexibility index (Phi) is 2.97. The number of ether oxygens (including phenoxy) is 1. The van der Waals surface area contributed by atoms with Crippen molar-refractivity contribution in [3.05, 3.63) is 0 Å². The number of rotatable bonds is 2. The van der Waals surface area contributed by atoms with Gasteiger partial charge in [-0.25, -0.2) is 5.32 Å². The zero-order valence-corrected chi connectivity index (χ0v) is 5.76. The highest BCUT2D eigenvalue weighted by Gasteiger charge is 2.11. The molecular formula is C6H13N2O. The minimum Gasteiger partial charge on any atom is -0.384 e. The molecule has 0 aromatic carbocycles. The van der Waals surface area contributed by atoms with Gasteiger partial charge in [0.05, 0.1) is 13.3 Å². The first-order chi connectivity index (χ1) is 4.43. The van der Waals surface area contributed by atoms with Crippen LogP contribution in [0.1, 0.15) is 0 Å². The average Bonchev–Trinajstić information content (AvgIpc) is 1.91. The standard InChI is InChI=1S/C6H13N2O/c1-9-4-6-2-7-5-8-3-6/h6-7H,2-5H2,1H3. The molecule has 1 atom stereocenters. The van der Waals surface area contributed by atoms with E-state index in [4.69, 9.17) is 4.74 Å². The fourth-order valence-electron chi connectivity index (χ4n) is 1.01. The number of hydrogen-bond acceptors (Lipinski definition) is 2. The molecule has 1 saturated heterocycles. The molecule has 3 heteroatoms. The van der Waals surface area contributed by atoms with E-state index in [1.807, 2.05) is 0 Å². The molecule has 1 rings (SSSR count). The zero-order valence-electron chi connectivity index (χ0n) is 5.76. The Morgan fingerprint density at radius 2 is 2.67 bits per heavy atom. The average molecular weight is 129 g/mol. The third-order valence-electron chi connectivity index (χ3n) is 1.45. The molecule has 1 fully saturated rings. The molecule has 0 amide bonds. The monoisotopic (exact) mass is 129 g/mol. The maximum Gasteiger partial charge on any atom is 0.0624 e. The Balaban J connectivity index is 2.08. The smallest absolute Gasteiger partial charge is 0.0624 e. The minimum atomic E-state index is 0.601. The molecule has 0 aromatic rings. The van der Waals surface area contributed by atoms with Crippen molar-refractivity contribution >= 4 is 0 Å². The molecular weight excluding hydrogens is 116 g/mol. The van der Waals surface area contributed by atoms with Crippen molar-refractivity contribution in [3.8, 4) is 0 Å². The molecule has 0 aromatic heterocycles. The van der Waals surface area contributed by atoms with E-state index in [9.17, 15) is 0 Å². The Labute approximate surface area is 55.8 Å². The van der Waals surface area contributed by atoms with Crippen LogP contribution in [0.3, 0.4) is 0 Å². The van der Waals surface area contributed by atoms with Gasteiger partial charge in [0.15, 0.2) is 0 Å². The van der Waals surface area contributed by atoms with Crippen LogP contribution in [0.4, 0.5) is 0 Å². The molecule has 1 heterocycles. The first-order valence-electron chi connectivity index (χ1n) is 3.26. The molecule has 1 aliphatic heterocycles. The van der Waals surface area contributed by atoms with Gasteiger partial charge in [-0.3, -0.25) is 0 Å². The quantitative estimate of drug-likeness (QED) is 0.541. The van der Waals surface area contributed by atoms with Crippen LogP contribution in [0.15, 0.2) is 0 Å². The molecule has 1 unspecified atom stereocenters. The molecule has 1 aliphatic rings. The number of nitrogens with zero attached hydrogens (tertiary/aromatic N) is 1. The van der Waals surface area contributed by atoms with Crippen molar-refractivity contribution in [3.63, 3.8) is 0 Å². The fourth-order valence-corrected chi connectivity index (χ4v) is 1.01. The minimum absolute atomic E-state index is 0.601. The van der Waals surface area contributed by atoms with Crippen molar-refractivity contribution in [2.75, 3.05) is 33.5 Å². The molecule has 1 radical (unpaired) electrons. The first kappa shape index (κ1) is 6.99. The maximum absolute atomic E-state index is 4.98. The van der Waals surface area contributed by atoms with E-state index >= 15 is 0 Å². The van der Waals surface area contributed by atoms with Gasteiger partial charge in [0.2, 0.25) is 0 Å². The number of nitrogens with one attached hydrogen (secondary N) is 1. The van der Waals surface area contributed by atoms with Crippen LogP contribution in [0, 0.1) is 5.92 Å². The molecule has 0 bridgehead atoms. The zero-order chi connectivity index (χ0) is 6.53. The van der Waals surface area contributed by atoms with Gasteiger partial charge in [0.1, 0.15) is 0 Å². The lowest BCUT2D eigenvalue weighted by molar-refractivity contribution is 0.140. The van der Waals surface area contributed by atoms with E-state index < -0.39 is 0 Å². The summed E-state index contributed by atoms with van der Waals surface area (Å²) in [6, 6.07) is 0. The van der Waals surface area contributed by atoms with Gasteiger partial charge in [-0.15, -0.1) is 0 Å². The summed E-state index contributed by atoms with van der Waals surface area (Å²) in [5.41, 5.74) is 0. The van der Waals surface area contributed by atoms with Crippen molar-refractivity contribution in [1.82, 2.24) is 10.6 Å². The van der Waals surface area contributed by atoms with E-state index in [0.717, 1.165) is 26.4 Å². The SMILES string of the molecule is COCC1C[N]CNC1. The molecule has 9 heavy (non-hydrogen) atoms. The normalized spacial score (nSPS) is 22.3. The van der Waals surface area contributed by atoms with Crippen LogP contribution in [-0.2, 0) is 4.74 Å². The van der Waals surface area contributed by atoms with Crippen LogP contribution in [0.5, 0.6) is 0 Å². The second-order valence-corrected chi connectivity index (χ2v) is 2.34. The Morgan fingerprint density at radius 1 is 1.78 bits per heavy atom. The lowest BCUT2D eigenvalue weighted by Crippen LogP contribution is -2.41. The highest BCUT2D eigenvalue weighted by molar-refractivity contribution is 4.68. The molecule has 0 spiro atoms. The predicted molar refractivity (Wildman–Crippen MR) is 35.2 cm³/mol. The van der Waals surface area contributed by atoms with E-state index in [1.54, 1.807) is 7.11 Å². The highest BCUT2D eigenvalue weighted by atomic mass is 16.5. The highest BCUT2D eigenvalue weighted by Crippen LogP contribution is 1.96. The third kappa shape index (κ3) is 2.30. The Hall–Kier alpha value is -0.120. The van der Waals surface area contributed by atoms with Gasteiger partial charge in [0, 0.05) is 26.1 Å². The lowest BCUT2D eigenvalue weighted by atomic mass is 10.1. The maximum atomic E-state index is 4.98. The van der Waals surface area contributed by atoms with Crippen molar-refractivity contribution in [1.29, 1.82) is 0 Å². The van der Waals surface area contributed by atoms with E-state index in [2.05, 4.69) is 10.6 Å². The summed E-state index contributed by atoms with van der Waals surface area (Å²) in [5, 5.41) is 7.36. The summed E-state index contributed by atoms with van der Waals surface area (Å²) >= 11 is 0. The van der Waals surface area contributed by atoms with Gasteiger partial charge in [-0.2, -0.15) is 0 Å². The molecule has 0 saturated carbocycles. The summed E-state index contributed by atoms with van der Waals surface area (Å²) in [6.45, 7) is 3.66. The van der Waals surface area contributed by atoms with Gasteiger partial charge in [0.25, 0.3) is 0 Å². The molecule has 53 valence electrons. The van der Waals surface area contributed by atoms with Gasteiger partial charge in [-0.05, 0) is 0 Å². The van der Waals surface area contributed by atoms with Gasteiger partial charge < -0.3 is 10.1 Å². The summed E-state index contributed by atoms with van der Waals surface area (Å²) in [6.07, 6.45) is 0. The van der Waals surface area contributed by atoms with Crippen LogP contribution in [-0.4, -0.2) is 33.5 Å². The predicted octanol–water partition coefficient (Wildman–Crippen LogP) is -0.586. The second-order valence-electron chi connectivity index (χ2n) is 2.34. The van der Waals surface area contributed by atoms with Crippen LogP contribution in [0.2, 0.25) is 0 Å². The fraction of sp³-hybridized carbons (Fsp3) is 1.00. The van der Waals surface area contributed by atoms with Gasteiger partial charge in [-0.1, -0.05) is 0 Å². The summed E-state index contributed by atoms with van der Waals surface area (Å²) in [4.78, 5) is 0. The van der Waals surface area contributed by atoms with Crippen LogP contribution < -0.4 is 10.6 Å². The largest absolute Gasteiger partial charge is 0.384 e. The van der Waals surface area contributed by atoms with Crippen molar-refractivity contribution in [2.24, 2.45) is 5.92 Å². The summed E-state index contributed by atoms with van der Waals surface area (Å²) < 4.78 is 4.98. The topological polar surface area (TPSA) is 35.4 Å². The molecule has 3 nitrogen and oxygen atoms in total. The van der Waals surface area contributed by atoms with Crippen LogP contribution in [0.25, 0.3) is 0 Å². The number of hydrogen-bond donors (Lipinski definition) is 1. The summed E-state index contributed by atoms with van der Waals surface area (Å²) in [7, 11) is 1.73. The second kappa shape index (κ2) is 3.82. The van der Waals surface area contributed by atoms with Crippen molar-refractivity contribution in [2.45, 2.75) is 0 Å². The number of methoxy groups -OCH3 is 1. The van der Waals surface area contributed by atoms with E-state index in [1.165, 1.54) is 0 Å². The Bertz CT molecular complexity index is 68.7. The van der Waals surface area contributed by atoms with E-state index in [0.29, 0.717) is 5.92 Å². The van der Waals surface area contributed by atoms with Gasteiger partial charge >= 0.3 is 0 Å². The third-order valence-corrected chi connectivity index (χ3v) is 1.45. The summed E-state index contributed by atoms with van der Waals surface area (Å²) in [5.74, 6) is 0.601.